The molecule has 0 N–H and O–H groups in total. The highest BCUT2D eigenvalue weighted by atomic mass is 16.7. The molecule has 0 aromatic heterocycles. The van der Waals surface area contributed by atoms with Crippen molar-refractivity contribution in [2.75, 3.05) is 13.2 Å². The average Bonchev–Trinajstić information content (AvgIpc) is 2.48. The molecule has 0 aromatic carbocycles. The highest BCUT2D eigenvalue weighted by Gasteiger charge is 2.32. The summed E-state index contributed by atoms with van der Waals surface area (Å²) in [4.78, 5) is 0. The van der Waals surface area contributed by atoms with Gasteiger partial charge < -0.3 is 9.47 Å². The summed E-state index contributed by atoms with van der Waals surface area (Å²) in [6.45, 7) is 6.25. The monoisotopic (exact) mass is 265 g/mol. The largest absolute Gasteiger partial charge is 0.352 e. The third-order valence-electron chi connectivity index (χ3n) is 4.76. The lowest BCUT2D eigenvalue weighted by molar-refractivity contribution is -0.230. The summed E-state index contributed by atoms with van der Waals surface area (Å²) in [6, 6.07) is 2.38. The number of ether oxygens (including phenoxy) is 2. The molecule has 1 heterocycles. The Morgan fingerprint density at radius 2 is 1.79 bits per heavy atom. The summed E-state index contributed by atoms with van der Waals surface area (Å²) in [5.74, 6) is 2.11. The number of nitrogens with zero attached hydrogens (tertiary/aromatic N) is 1. The second-order valence-electron chi connectivity index (χ2n) is 6.39. The highest BCUT2D eigenvalue weighted by molar-refractivity contribution is 4.88. The summed E-state index contributed by atoms with van der Waals surface area (Å²) >= 11 is 0. The van der Waals surface area contributed by atoms with Gasteiger partial charge in [-0.15, -0.1) is 0 Å². The molecule has 1 unspecified atom stereocenters. The quantitative estimate of drug-likeness (QED) is 0.777. The van der Waals surface area contributed by atoms with Crippen LogP contribution in [-0.4, -0.2) is 19.5 Å². The Balaban J connectivity index is 1.70. The van der Waals surface area contributed by atoms with Crippen LogP contribution in [0.4, 0.5) is 0 Å². The van der Waals surface area contributed by atoms with E-state index >= 15 is 0 Å². The molecule has 0 radical (unpaired) electrons. The molecule has 0 amide bonds. The summed E-state index contributed by atoms with van der Waals surface area (Å²) in [6.07, 6.45) is 6.63. The van der Waals surface area contributed by atoms with E-state index in [1.165, 1.54) is 12.8 Å². The van der Waals surface area contributed by atoms with Crippen molar-refractivity contribution in [1.82, 2.24) is 0 Å². The van der Waals surface area contributed by atoms with E-state index in [1.54, 1.807) is 0 Å². The number of hydrogen-bond donors (Lipinski definition) is 0. The molecule has 0 aromatic rings. The van der Waals surface area contributed by atoms with Gasteiger partial charge in [0.05, 0.1) is 19.3 Å². The molecule has 2 aliphatic rings. The zero-order chi connectivity index (χ0) is 13.7. The van der Waals surface area contributed by atoms with Gasteiger partial charge in [-0.05, 0) is 38.0 Å². The van der Waals surface area contributed by atoms with Crippen LogP contribution in [0.15, 0.2) is 0 Å². The van der Waals surface area contributed by atoms with Crippen LogP contribution in [0.3, 0.4) is 0 Å². The maximum absolute atomic E-state index is 8.92. The molecule has 1 aliphatic carbocycles. The fourth-order valence-electron chi connectivity index (χ4n) is 3.22. The molecule has 3 heteroatoms. The summed E-state index contributed by atoms with van der Waals surface area (Å²) in [5, 5.41) is 8.92. The minimum atomic E-state index is -0.00664. The Kier molecular flexibility index (Phi) is 5.66. The van der Waals surface area contributed by atoms with E-state index in [0.717, 1.165) is 44.8 Å². The van der Waals surface area contributed by atoms with Crippen LogP contribution in [0, 0.1) is 35.0 Å². The van der Waals surface area contributed by atoms with E-state index in [9.17, 15) is 0 Å². The summed E-state index contributed by atoms with van der Waals surface area (Å²) in [5.41, 5.74) is 0. The fourth-order valence-corrected chi connectivity index (χ4v) is 3.22. The minimum absolute atomic E-state index is 0.00664. The average molecular weight is 265 g/mol. The van der Waals surface area contributed by atoms with Crippen molar-refractivity contribution < 1.29 is 9.47 Å². The molecular weight excluding hydrogens is 238 g/mol. The smallest absolute Gasteiger partial charge is 0.160 e. The normalized spacial score (nSPS) is 37.5. The molecule has 108 valence electrons. The Morgan fingerprint density at radius 3 is 2.32 bits per heavy atom. The first-order valence-electron chi connectivity index (χ1n) is 7.85. The van der Waals surface area contributed by atoms with Crippen molar-refractivity contribution in [3.63, 3.8) is 0 Å². The van der Waals surface area contributed by atoms with Gasteiger partial charge in [-0.2, -0.15) is 5.26 Å². The molecule has 0 bridgehead atoms. The molecule has 1 saturated heterocycles. The van der Waals surface area contributed by atoms with E-state index < -0.39 is 0 Å². The molecule has 1 atom stereocenters. The van der Waals surface area contributed by atoms with Gasteiger partial charge in [0.15, 0.2) is 6.29 Å². The van der Waals surface area contributed by atoms with E-state index in [4.69, 9.17) is 14.7 Å². The van der Waals surface area contributed by atoms with Gasteiger partial charge in [0.2, 0.25) is 0 Å². The minimum Gasteiger partial charge on any atom is -0.352 e. The topological polar surface area (TPSA) is 42.2 Å². The Labute approximate surface area is 117 Å². The zero-order valence-electron chi connectivity index (χ0n) is 12.3. The van der Waals surface area contributed by atoms with Crippen LogP contribution < -0.4 is 0 Å². The maximum Gasteiger partial charge on any atom is 0.160 e. The molecular formula is C16H27NO2. The zero-order valence-corrected chi connectivity index (χ0v) is 12.3. The third-order valence-corrected chi connectivity index (χ3v) is 4.76. The van der Waals surface area contributed by atoms with Crippen LogP contribution >= 0.6 is 0 Å². The molecule has 0 spiro atoms. The number of rotatable bonds is 4. The van der Waals surface area contributed by atoms with Crippen LogP contribution in [0.1, 0.15) is 52.4 Å². The SMILES string of the molecule is CCC(C)CC1COC(C2CCC(C#N)CC2)OC1. The molecule has 19 heavy (non-hydrogen) atoms. The van der Waals surface area contributed by atoms with Gasteiger partial charge in [-0.3, -0.25) is 0 Å². The third kappa shape index (κ3) is 4.19. The lowest BCUT2D eigenvalue weighted by Crippen LogP contribution is -2.38. The van der Waals surface area contributed by atoms with Crippen molar-refractivity contribution in [2.45, 2.75) is 58.7 Å². The predicted molar refractivity (Wildman–Crippen MR) is 74.3 cm³/mol. The second-order valence-corrected chi connectivity index (χ2v) is 6.39. The van der Waals surface area contributed by atoms with Crippen molar-refractivity contribution in [2.24, 2.45) is 23.7 Å². The first kappa shape index (κ1) is 14.8. The van der Waals surface area contributed by atoms with Gasteiger partial charge in [-0.25, -0.2) is 0 Å². The van der Waals surface area contributed by atoms with Crippen LogP contribution in [0.5, 0.6) is 0 Å². The van der Waals surface area contributed by atoms with Gasteiger partial charge in [-0.1, -0.05) is 20.3 Å². The van der Waals surface area contributed by atoms with Crippen molar-refractivity contribution in [3.8, 4) is 6.07 Å². The first-order chi connectivity index (χ1) is 9.22. The van der Waals surface area contributed by atoms with Crippen LogP contribution in [-0.2, 0) is 9.47 Å². The van der Waals surface area contributed by atoms with Crippen molar-refractivity contribution >= 4 is 0 Å². The van der Waals surface area contributed by atoms with Gasteiger partial charge in [0, 0.05) is 17.8 Å². The number of hydrogen-bond acceptors (Lipinski definition) is 3. The van der Waals surface area contributed by atoms with Crippen LogP contribution in [0.2, 0.25) is 0 Å². The van der Waals surface area contributed by atoms with Crippen molar-refractivity contribution in [3.05, 3.63) is 0 Å². The molecule has 1 aliphatic heterocycles. The molecule has 2 rings (SSSR count). The number of nitriles is 1. The van der Waals surface area contributed by atoms with E-state index in [1.807, 2.05) is 0 Å². The Hall–Kier alpha value is -0.590. The van der Waals surface area contributed by atoms with E-state index in [0.29, 0.717) is 11.8 Å². The van der Waals surface area contributed by atoms with E-state index in [-0.39, 0.29) is 12.2 Å². The molecule has 2 fully saturated rings. The van der Waals surface area contributed by atoms with Crippen LogP contribution in [0.25, 0.3) is 0 Å². The Bertz CT molecular complexity index is 296. The predicted octanol–water partition coefficient (Wildman–Crippen LogP) is 3.74. The fraction of sp³-hybridized carbons (Fsp3) is 0.938. The Morgan fingerprint density at radius 1 is 1.16 bits per heavy atom. The molecule has 1 saturated carbocycles. The molecule has 3 nitrogen and oxygen atoms in total. The summed E-state index contributed by atoms with van der Waals surface area (Å²) < 4.78 is 11.9. The lowest BCUT2D eigenvalue weighted by Gasteiger charge is -2.37. The second kappa shape index (κ2) is 7.26. The van der Waals surface area contributed by atoms with E-state index in [2.05, 4.69) is 19.9 Å². The highest BCUT2D eigenvalue weighted by Crippen LogP contribution is 2.34. The lowest BCUT2D eigenvalue weighted by atomic mass is 9.82. The standard InChI is InChI=1S/C16H27NO2/c1-3-12(2)8-14-10-18-16(19-11-14)15-6-4-13(9-17)5-7-15/h12-16H,3-8,10-11H2,1-2H3. The maximum atomic E-state index is 8.92. The van der Waals surface area contributed by atoms with Gasteiger partial charge in [0.25, 0.3) is 0 Å². The summed E-state index contributed by atoms with van der Waals surface area (Å²) in [7, 11) is 0. The first-order valence-corrected chi connectivity index (χ1v) is 7.85. The van der Waals surface area contributed by atoms with Gasteiger partial charge >= 0.3 is 0 Å². The van der Waals surface area contributed by atoms with Crippen molar-refractivity contribution in [1.29, 1.82) is 5.26 Å². The van der Waals surface area contributed by atoms with Gasteiger partial charge in [0.1, 0.15) is 0 Å².